The Morgan fingerprint density at radius 2 is 2.06 bits per heavy atom. The molecular formula is C14H15BrN2O. The minimum absolute atomic E-state index is 0.181. The van der Waals surface area contributed by atoms with Gasteiger partial charge in [0.2, 0.25) is 5.91 Å². The van der Waals surface area contributed by atoms with E-state index >= 15 is 0 Å². The molecule has 0 aromatic carbocycles. The molecular weight excluding hydrogens is 292 g/mol. The van der Waals surface area contributed by atoms with Gasteiger partial charge in [-0.15, -0.1) is 0 Å². The van der Waals surface area contributed by atoms with Crippen LogP contribution in [0.4, 0.5) is 5.82 Å². The average molecular weight is 307 g/mol. The van der Waals surface area contributed by atoms with E-state index in [4.69, 9.17) is 0 Å². The lowest BCUT2D eigenvalue weighted by molar-refractivity contribution is -0.118. The molecule has 18 heavy (non-hydrogen) atoms. The van der Waals surface area contributed by atoms with Gasteiger partial charge in [0.25, 0.3) is 0 Å². The Morgan fingerprint density at radius 3 is 2.72 bits per heavy atom. The predicted molar refractivity (Wildman–Crippen MR) is 71.9 cm³/mol. The second-order valence-corrected chi connectivity index (χ2v) is 6.69. The predicted octanol–water partition coefficient (Wildman–Crippen LogP) is 3.07. The van der Waals surface area contributed by atoms with Gasteiger partial charge in [-0.2, -0.15) is 0 Å². The minimum atomic E-state index is 0.181. The molecule has 3 aliphatic rings. The van der Waals surface area contributed by atoms with Gasteiger partial charge in [0.15, 0.2) is 0 Å². The van der Waals surface area contributed by atoms with E-state index in [1.807, 2.05) is 12.1 Å². The Labute approximate surface area is 114 Å². The molecule has 1 heterocycles. The summed E-state index contributed by atoms with van der Waals surface area (Å²) in [4.78, 5) is 16.5. The van der Waals surface area contributed by atoms with Crippen LogP contribution in [0, 0.1) is 29.6 Å². The SMILES string of the molecule is O=C(Nc1ncccc1Br)C1C2C3CCC(C3)C12. The second-order valence-electron chi connectivity index (χ2n) is 5.84. The number of anilines is 1. The van der Waals surface area contributed by atoms with Crippen molar-refractivity contribution in [3.8, 4) is 0 Å². The van der Waals surface area contributed by atoms with Gasteiger partial charge in [-0.25, -0.2) is 4.98 Å². The van der Waals surface area contributed by atoms with Crippen LogP contribution in [0.1, 0.15) is 19.3 Å². The Bertz CT molecular complexity index is 502. The standard InChI is InChI=1S/C14H15BrN2O/c15-9-2-1-5-16-13(9)17-14(18)12-10-7-3-4-8(6-7)11(10)12/h1-2,5,7-8,10-12H,3-4,6H2,(H,16,17,18). The van der Waals surface area contributed by atoms with Crippen molar-refractivity contribution in [2.24, 2.45) is 29.6 Å². The second kappa shape index (κ2) is 3.80. The molecule has 3 nitrogen and oxygen atoms in total. The first kappa shape index (κ1) is 11.0. The van der Waals surface area contributed by atoms with Gasteiger partial charge in [0.05, 0.1) is 4.47 Å². The van der Waals surface area contributed by atoms with Crippen molar-refractivity contribution >= 4 is 27.7 Å². The van der Waals surface area contributed by atoms with Crippen LogP contribution in [0.25, 0.3) is 0 Å². The monoisotopic (exact) mass is 306 g/mol. The molecule has 3 fully saturated rings. The van der Waals surface area contributed by atoms with E-state index in [-0.39, 0.29) is 11.8 Å². The van der Waals surface area contributed by atoms with E-state index in [1.54, 1.807) is 6.20 Å². The molecule has 0 saturated heterocycles. The van der Waals surface area contributed by atoms with Crippen LogP contribution in [-0.2, 0) is 4.79 Å². The number of carbonyl (C=O) groups is 1. The quantitative estimate of drug-likeness (QED) is 0.912. The molecule has 3 saturated carbocycles. The number of amides is 1. The van der Waals surface area contributed by atoms with Crippen molar-refractivity contribution in [2.75, 3.05) is 5.32 Å². The third kappa shape index (κ3) is 1.48. The zero-order valence-corrected chi connectivity index (χ0v) is 11.6. The molecule has 0 aliphatic heterocycles. The summed E-state index contributed by atoms with van der Waals surface area (Å²) in [7, 11) is 0. The summed E-state index contributed by atoms with van der Waals surface area (Å²) >= 11 is 3.41. The van der Waals surface area contributed by atoms with E-state index in [0.717, 1.165) is 16.3 Å². The van der Waals surface area contributed by atoms with Gasteiger partial charge in [-0.1, -0.05) is 0 Å². The zero-order chi connectivity index (χ0) is 12.3. The highest BCUT2D eigenvalue weighted by Gasteiger charge is 2.67. The van der Waals surface area contributed by atoms with E-state index in [0.29, 0.717) is 17.7 Å². The van der Waals surface area contributed by atoms with E-state index in [9.17, 15) is 4.79 Å². The van der Waals surface area contributed by atoms with E-state index in [1.165, 1.54) is 19.3 Å². The summed E-state index contributed by atoms with van der Waals surface area (Å²) in [6.07, 6.45) is 5.79. The summed E-state index contributed by atoms with van der Waals surface area (Å²) in [6, 6.07) is 3.76. The fourth-order valence-corrected chi connectivity index (χ4v) is 4.71. The smallest absolute Gasteiger partial charge is 0.229 e. The van der Waals surface area contributed by atoms with Crippen molar-refractivity contribution in [3.63, 3.8) is 0 Å². The number of nitrogens with one attached hydrogen (secondary N) is 1. The highest BCUT2D eigenvalue weighted by molar-refractivity contribution is 9.10. The summed E-state index contributed by atoms with van der Waals surface area (Å²) in [6.45, 7) is 0. The van der Waals surface area contributed by atoms with E-state index in [2.05, 4.69) is 26.2 Å². The molecule has 1 aromatic rings. The molecule has 3 aliphatic carbocycles. The first-order valence-corrected chi connectivity index (χ1v) is 7.46. The number of aromatic nitrogens is 1. The largest absolute Gasteiger partial charge is 0.309 e. The molecule has 1 N–H and O–H groups in total. The fraction of sp³-hybridized carbons (Fsp3) is 0.571. The number of carbonyl (C=O) groups excluding carboxylic acids is 1. The van der Waals surface area contributed by atoms with Gasteiger partial charge in [0, 0.05) is 12.1 Å². The number of nitrogens with zero attached hydrogens (tertiary/aromatic N) is 1. The maximum absolute atomic E-state index is 12.3. The Hall–Kier alpha value is -0.900. The summed E-state index contributed by atoms with van der Waals surface area (Å²) in [5.41, 5.74) is 0. The summed E-state index contributed by atoms with van der Waals surface area (Å²) in [5, 5.41) is 2.97. The Kier molecular flexibility index (Phi) is 2.31. The number of halogens is 1. The molecule has 2 bridgehead atoms. The summed E-state index contributed by atoms with van der Waals surface area (Å²) < 4.78 is 0.854. The molecule has 4 heteroatoms. The fourth-order valence-electron chi connectivity index (χ4n) is 4.35. The number of hydrogen-bond donors (Lipinski definition) is 1. The van der Waals surface area contributed by atoms with Crippen LogP contribution in [0.2, 0.25) is 0 Å². The first-order valence-electron chi connectivity index (χ1n) is 6.67. The molecule has 4 rings (SSSR count). The van der Waals surface area contributed by atoms with Gasteiger partial charge in [-0.05, 0) is 71.0 Å². The average Bonchev–Trinajstić information content (AvgIpc) is 2.82. The third-order valence-corrected chi connectivity index (χ3v) is 5.68. The normalized spacial score (nSPS) is 39.5. The van der Waals surface area contributed by atoms with Crippen LogP contribution >= 0.6 is 15.9 Å². The lowest BCUT2D eigenvalue weighted by Gasteiger charge is -2.09. The highest BCUT2D eigenvalue weighted by Crippen LogP contribution is 2.69. The topological polar surface area (TPSA) is 42.0 Å². The van der Waals surface area contributed by atoms with Gasteiger partial charge in [0.1, 0.15) is 5.82 Å². The zero-order valence-electron chi connectivity index (χ0n) is 9.97. The molecule has 94 valence electrons. The maximum atomic E-state index is 12.3. The van der Waals surface area contributed by atoms with E-state index < -0.39 is 0 Å². The van der Waals surface area contributed by atoms with Crippen LogP contribution in [0.3, 0.4) is 0 Å². The van der Waals surface area contributed by atoms with Gasteiger partial charge in [-0.3, -0.25) is 4.79 Å². The van der Waals surface area contributed by atoms with Crippen LogP contribution in [-0.4, -0.2) is 10.9 Å². The van der Waals surface area contributed by atoms with Crippen molar-refractivity contribution < 1.29 is 4.79 Å². The Balaban J connectivity index is 1.48. The van der Waals surface area contributed by atoms with Gasteiger partial charge >= 0.3 is 0 Å². The van der Waals surface area contributed by atoms with Crippen LogP contribution in [0.15, 0.2) is 22.8 Å². The maximum Gasteiger partial charge on any atom is 0.229 e. The highest BCUT2D eigenvalue weighted by atomic mass is 79.9. The molecule has 1 aromatic heterocycles. The Morgan fingerprint density at radius 1 is 1.33 bits per heavy atom. The third-order valence-electron chi connectivity index (χ3n) is 5.04. The van der Waals surface area contributed by atoms with Crippen molar-refractivity contribution in [3.05, 3.63) is 22.8 Å². The number of hydrogen-bond acceptors (Lipinski definition) is 2. The summed E-state index contributed by atoms with van der Waals surface area (Å²) in [5.74, 6) is 4.15. The van der Waals surface area contributed by atoms with Crippen molar-refractivity contribution in [2.45, 2.75) is 19.3 Å². The number of fused-ring (bicyclic) bond motifs is 5. The number of pyridine rings is 1. The van der Waals surface area contributed by atoms with Crippen LogP contribution < -0.4 is 5.32 Å². The molecule has 1 amide bonds. The van der Waals surface area contributed by atoms with Gasteiger partial charge < -0.3 is 5.32 Å². The lowest BCUT2D eigenvalue weighted by Crippen LogP contribution is -2.19. The first-order chi connectivity index (χ1) is 8.75. The number of rotatable bonds is 2. The van der Waals surface area contributed by atoms with Crippen molar-refractivity contribution in [1.29, 1.82) is 0 Å². The molecule has 0 spiro atoms. The molecule has 4 unspecified atom stereocenters. The minimum Gasteiger partial charge on any atom is -0.309 e. The molecule has 4 atom stereocenters. The van der Waals surface area contributed by atoms with Crippen molar-refractivity contribution in [1.82, 2.24) is 4.98 Å². The van der Waals surface area contributed by atoms with Crippen LogP contribution in [0.5, 0.6) is 0 Å². The molecule has 0 radical (unpaired) electrons. The lowest BCUT2D eigenvalue weighted by atomic mass is 10.0.